The molecule has 2 aromatic rings. The number of halogens is 1. The predicted molar refractivity (Wildman–Crippen MR) is 133 cm³/mol. The highest BCUT2D eigenvalue weighted by Crippen LogP contribution is 2.37. The minimum absolute atomic E-state index is 0.248. The monoisotopic (exact) mass is 535 g/mol. The maximum Gasteiger partial charge on any atom is 0.340 e. The van der Waals surface area contributed by atoms with E-state index in [2.05, 4.69) is 26.1 Å². The van der Waals surface area contributed by atoms with Crippen molar-refractivity contribution in [3.63, 3.8) is 0 Å². The van der Waals surface area contributed by atoms with Gasteiger partial charge in [0.2, 0.25) is 0 Å². The molecule has 0 atom stereocenters. The van der Waals surface area contributed by atoms with Crippen LogP contribution in [0.15, 0.2) is 34.8 Å². The average Bonchev–Trinajstić information content (AvgIpc) is 2.83. The molecule has 0 spiro atoms. The van der Waals surface area contributed by atoms with Gasteiger partial charge in [-0.25, -0.2) is 4.79 Å². The smallest absolute Gasteiger partial charge is 0.340 e. The second kappa shape index (κ2) is 12.5. The lowest BCUT2D eigenvalue weighted by Gasteiger charge is -2.30. The third-order valence-corrected chi connectivity index (χ3v) is 5.66. The van der Waals surface area contributed by atoms with E-state index in [-0.39, 0.29) is 12.6 Å². The molecule has 0 saturated carbocycles. The number of nitrogens with one attached hydrogen (secondary N) is 1. The van der Waals surface area contributed by atoms with Crippen molar-refractivity contribution < 1.29 is 28.5 Å². The van der Waals surface area contributed by atoms with E-state index in [1.54, 1.807) is 6.92 Å². The van der Waals surface area contributed by atoms with E-state index in [0.717, 1.165) is 30.0 Å². The first kappa shape index (κ1) is 25.6. The third kappa shape index (κ3) is 6.77. The van der Waals surface area contributed by atoms with Crippen molar-refractivity contribution in [2.24, 2.45) is 5.73 Å². The Bertz CT molecular complexity index is 1010. The van der Waals surface area contributed by atoms with Gasteiger partial charge in [0, 0.05) is 25.3 Å². The summed E-state index contributed by atoms with van der Waals surface area (Å²) in [6.07, 6.45) is 0. The molecule has 0 radical (unpaired) electrons. The van der Waals surface area contributed by atoms with Crippen LogP contribution >= 0.6 is 15.9 Å². The van der Waals surface area contributed by atoms with E-state index in [1.807, 2.05) is 37.3 Å². The molecule has 0 aromatic heterocycles. The van der Waals surface area contributed by atoms with E-state index in [4.69, 9.17) is 24.7 Å². The number of amides is 1. The summed E-state index contributed by atoms with van der Waals surface area (Å²) in [5.74, 6) is -0.00310. The molecule has 1 saturated heterocycles. The normalized spacial score (nSPS) is 13.3. The van der Waals surface area contributed by atoms with Crippen molar-refractivity contribution in [1.82, 2.24) is 0 Å². The summed E-state index contributed by atoms with van der Waals surface area (Å²) in [5, 5.41) is 3.35. The highest BCUT2D eigenvalue weighted by Gasteiger charge is 2.20. The number of ether oxygens (including phenoxy) is 4. The summed E-state index contributed by atoms with van der Waals surface area (Å²) in [5.41, 5.74) is 8.24. The number of anilines is 2. The van der Waals surface area contributed by atoms with Crippen molar-refractivity contribution in [2.75, 3.05) is 56.3 Å². The lowest BCUT2D eigenvalue weighted by molar-refractivity contribution is -0.120. The molecule has 3 rings (SSSR count). The highest BCUT2D eigenvalue weighted by molar-refractivity contribution is 9.10. The molecule has 1 fully saturated rings. The molecule has 0 bridgehead atoms. The Labute approximate surface area is 207 Å². The first-order valence-electron chi connectivity index (χ1n) is 11.2. The van der Waals surface area contributed by atoms with Gasteiger partial charge in [-0.1, -0.05) is 0 Å². The van der Waals surface area contributed by atoms with Crippen molar-refractivity contribution >= 4 is 39.2 Å². The summed E-state index contributed by atoms with van der Waals surface area (Å²) in [4.78, 5) is 25.9. The van der Waals surface area contributed by atoms with Crippen LogP contribution in [0.25, 0.3) is 0 Å². The molecule has 184 valence electrons. The van der Waals surface area contributed by atoms with Crippen LogP contribution in [-0.4, -0.2) is 58.0 Å². The van der Waals surface area contributed by atoms with Crippen LogP contribution in [0.4, 0.5) is 11.4 Å². The number of carbonyl (C=O) groups excluding carboxylic acids is 2. The number of nitrogens with two attached hydrogens (primary N) is 1. The average molecular weight is 536 g/mol. The molecule has 0 unspecified atom stereocenters. The largest absolute Gasteiger partial charge is 0.490 e. The lowest BCUT2D eigenvalue weighted by atomic mass is 10.1. The molecule has 10 heteroatoms. The van der Waals surface area contributed by atoms with Crippen LogP contribution in [0.5, 0.6) is 11.5 Å². The quantitative estimate of drug-likeness (QED) is 0.421. The summed E-state index contributed by atoms with van der Waals surface area (Å²) in [6.45, 7) is 7.30. The third-order valence-electron chi connectivity index (χ3n) is 5.07. The Morgan fingerprint density at radius 3 is 2.56 bits per heavy atom. The zero-order valence-corrected chi connectivity index (χ0v) is 21.0. The van der Waals surface area contributed by atoms with Gasteiger partial charge in [-0.2, -0.15) is 0 Å². The van der Waals surface area contributed by atoms with E-state index in [0.29, 0.717) is 54.5 Å². The topological polar surface area (TPSA) is 112 Å². The Hall–Kier alpha value is -2.98. The van der Waals surface area contributed by atoms with Gasteiger partial charge >= 0.3 is 5.97 Å². The van der Waals surface area contributed by atoms with Crippen LogP contribution in [0.1, 0.15) is 29.8 Å². The summed E-state index contributed by atoms with van der Waals surface area (Å²) < 4.78 is 22.6. The molecule has 2 aromatic carbocycles. The fraction of sp³-hybridized carbons (Fsp3) is 0.417. The van der Waals surface area contributed by atoms with E-state index < -0.39 is 5.91 Å². The number of hydrogen-bond acceptors (Lipinski definition) is 8. The van der Waals surface area contributed by atoms with Crippen molar-refractivity contribution in [3.05, 3.63) is 45.9 Å². The second-order valence-electron chi connectivity index (χ2n) is 7.50. The highest BCUT2D eigenvalue weighted by atomic mass is 79.9. The van der Waals surface area contributed by atoms with Gasteiger partial charge in [0.25, 0.3) is 5.91 Å². The fourth-order valence-corrected chi connectivity index (χ4v) is 4.18. The van der Waals surface area contributed by atoms with Gasteiger partial charge < -0.3 is 34.9 Å². The Morgan fingerprint density at radius 1 is 1.12 bits per heavy atom. The maximum absolute atomic E-state index is 12.7. The minimum atomic E-state index is -0.571. The summed E-state index contributed by atoms with van der Waals surface area (Å²) in [7, 11) is 0. The van der Waals surface area contributed by atoms with Crippen LogP contribution < -0.4 is 25.4 Å². The minimum Gasteiger partial charge on any atom is -0.490 e. The van der Waals surface area contributed by atoms with Crippen LogP contribution in [0, 0.1) is 0 Å². The Morgan fingerprint density at radius 2 is 1.88 bits per heavy atom. The van der Waals surface area contributed by atoms with Crippen LogP contribution in [0.3, 0.4) is 0 Å². The number of nitrogens with zero attached hydrogens (tertiary/aromatic N) is 1. The number of benzene rings is 2. The Balaban J connectivity index is 1.80. The first-order valence-corrected chi connectivity index (χ1v) is 12.0. The van der Waals surface area contributed by atoms with Crippen molar-refractivity contribution in [3.8, 4) is 11.5 Å². The number of carbonyl (C=O) groups is 2. The molecule has 1 amide bonds. The number of primary amides is 1. The predicted octanol–water partition coefficient (Wildman–Crippen LogP) is 3.34. The number of rotatable bonds is 11. The van der Waals surface area contributed by atoms with Crippen molar-refractivity contribution in [2.45, 2.75) is 20.4 Å². The fourth-order valence-electron chi connectivity index (χ4n) is 3.57. The van der Waals surface area contributed by atoms with E-state index >= 15 is 0 Å². The van der Waals surface area contributed by atoms with Gasteiger partial charge in [-0.3, -0.25) is 4.79 Å². The van der Waals surface area contributed by atoms with Gasteiger partial charge in [0.15, 0.2) is 18.1 Å². The molecule has 1 aliphatic heterocycles. The van der Waals surface area contributed by atoms with Gasteiger partial charge in [-0.15, -0.1) is 0 Å². The molecular weight excluding hydrogens is 506 g/mol. The summed E-state index contributed by atoms with van der Waals surface area (Å²) >= 11 is 3.48. The van der Waals surface area contributed by atoms with Crippen LogP contribution in [0.2, 0.25) is 0 Å². The lowest BCUT2D eigenvalue weighted by Crippen LogP contribution is -2.37. The van der Waals surface area contributed by atoms with Gasteiger partial charge in [0.1, 0.15) is 0 Å². The van der Waals surface area contributed by atoms with Gasteiger partial charge in [-0.05, 0) is 65.7 Å². The number of hydrogen-bond donors (Lipinski definition) is 2. The first-order chi connectivity index (χ1) is 16.4. The molecule has 9 nitrogen and oxygen atoms in total. The SMILES string of the molecule is CCOC(=O)c1cc(NCc2cc(Br)c(OCC(N)=O)c(OCC)c2)ccc1N1CCOCC1. The maximum atomic E-state index is 12.7. The molecule has 1 aliphatic rings. The van der Waals surface area contributed by atoms with Gasteiger partial charge in [0.05, 0.1) is 42.2 Å². The standard InChI is InChI=1S/C24H30BrN3O6/c1-3-32-21-12-16(11-19(25)23(21)34-15-22(26)29)14-27-17-5-6-20(28-7-9-31-10-8-28)18(13-17)24(30)33-4-2/h5-6,11-13,27H,3-4,7-10,14-15H2,1-2H3,(H2,26,29). The van der Waals surface area contributed by atoms with E-state index in [9.17, 15) is 9.59 Å². The second-order valence-corrected chi connectivity index (χ2v) is 8.35. The zero-order chi connectivity index (χ0) is 24.5. The van der Waals surface area contributed by atoms with Crippen molar-refractivity contribution in [1.29, 1.82) is 0 Å². The molecule has 1 heterocycles. The number of morpholine rings is 1. The molecular formula is C24H30BrN3O6. The number of esters is 1. The van der Waals surface area contributed by atoms with E-state index in [1.165, 1.54) is 0 Å². The Kier molecular flexibility index (Phi) is 9.41. The molecule has 34 heavy (non-hydrogen) atoms. The zero-order valence-electron chi connectivity index (χ0n) is 19.4. The molecule has 3 N–H and O–H groups in total. The molecule has 0 aliphatic carbocycles. The summed E-state index contributed by atoms with van der Waals surface area (Å²) in [6, 6.07) is 9.40. The van der Waals surface area contributed by atoms with Crippen LogP contribution in [-0.2, 0) is 20.8 Å².